The van der Waals surface area contributed by atoms with Gasteiger partial charge in [0.2, 0.25) is 0 Å². The molecule has 0 saturated heterocycles. The van der Waals surface area contributed by atoms with Gasteiger partial charge in [0.25, 0.3) is 0 Å². The summed E-state index contributed by atoms with van der Waals surface area (Å²) in [6, 6.07) is 0. The normalized spacial score (nSPS) is 11.4. The minimum absolute atomic E-state index is 0.0421. The summed E-state index contributed by atoms with van der Waals surface area (Å²) in [6.45, 7) is 10.5. The van der Waals surface area contributed by atoms with E-state index in [4.69, 9.17) is 0 Å². The van der Waals surface area contributed by atoms with Gasteiger partial charge in [-0.25, -0.2) is 0 Å². The fraction of sp³-hybridized carbons (Fsp3) is 0.714. The minimum Gasteiger partial charge on any atom is -0.307 e. The molecule has 0 aliphatic rings. The summed E-state index contributed by atoms with van der Waals surface area (Å²) in [7, 11) is 0.0421. The molecule has 1 nitrogen and oxygen atoms in total. The van der Waals surface area contributed by atoms with Crippen LogP contribution in [0.5, 0.6) is 0 Å². The molecule has 0 heterocycles. The van der Waals surface area contributed by atoms with E-state index in [9.17, 15) is 0 Å². The van der Waals surface area contributed by atoms with E-state index in [0.717, 1.165) is 0 Å². The number of nitrogens with zero attached hydrogens (tertiary/aromatic N) is 1. The van der Waals surface area contributed by atoms with Crippen molar-refractivity contribution >= 4 is 9.52 Å². The summed E-state index contributed by atoms with van der Waals surface area (Å²) >= 11 is 0. The Labute approximate surface area is 60.6 Å². The Morgan fingerprint density at radius 1 is 1.44 bits per heavy atom. The van der Waals surface area contributed by atoms with Gasteiger partial charge in [0.1, 0.15) is 0 Å². The van der Waals surface area contributed by atoms with Crippen LogP contribution in [-0.4, -0.2) is 33.7 Å². The Kier molecular flexibility index (Phi) is 5.99. The van der Waals surface area contributed by atoms with Crippen molar-refractivity contribution < 1.29 is 0 Å². The molecule has 9 heavy (non-hydrogen) atoms. The van der Waals surface area contributed by atoms with E-state index in [1.165, 1.54) is 19.3 Å². The number of hydrogen-bond acceptors (Lipinski definition) is 1. The molecular formula is C7H17NSi. The Bertz CT molecular complexity index is 69.3. The first-order valence-corrected chi connectivity index (χ1v) is 5.50. The lowest BCUT2D eigenvalue weighted by Crippen LogP contribution is -2.26. The first-order valence-electron chi connectivity index (χ1n) is 3.68. The molecular weight excluding hydrogens is 126 g/mol. The fourth-order valence-corrected chi connectivity index (χ4v) is 1.99. The lowest BCUT2D eigenvalue weighted by Gasteiger charge is -2.15. The van der Waals surface area contributed by atoms with Gasteiger partial charge in [-0.05, 0) is 19.3 Å². The van der Waals surface area contributed by atoms with Crippen LogP contribution < -0.4 is 0 Å². The standard InChI is InChI=1S/C7H17NSi/c1-4-8(5-2)7-9-6-3/h6H,3-5,7,9H2,1-2H3. The Balaban J connectivity index is 3.19. The van der Waals surface area contributed by atoms with Crippen LogP contribution >= 0.6 is 0 Å². The molecule has 0 unspecified atom stereocenters. The molecule has 0 aliphatic carbocycles. The summed E-state index contributed by atoms with van der Waals surface area (Å²) < 4.78 is 0. The van der Waals surface area contributed by atoms with E-state index in [0.29, 0.717) is 0 Å². The van der Waals surface area contributed by atoms with Gasteiger partial charge in [-0.15, -0.1) is 12.3 Å². The predicted octanol–water partition coefficient (Wildman–Crippen LogP) is 0.598. The van der Waals surface area contributed by atoms with Gasteiger partial charge >= 0.3 is 0 Å². The Hall–Kier alpha value is -0.0831. The van der Waals surface area contributed by atoms with E-state index >= 15 is 0 Å². The van der Waals surface area contributed by atoms with Gasteiger partial charge in [0.05, 0.1) is 9.52 Å². The van der Waals surface area contributed by atoms with Gasteiger partial charge in [-0.2, -0.15) is 0 Å². The van der Waals surface area contributed by atoms with Crippen LogP contribution in [0.1, 0.15) is 13.8 Å². The second-order valence-corrected chi connectivity index (χ2v) is 3.71. The highest BCUT2D eigenvalue weighted by atomic mass is 28.2. The molecule has 0 N–H and O–H groups in total. The van der Waals surface area contributed by atoms with E-state index in [2.05, 4.69) is 31.0 Å². The summed E-state index contributed by atoms with van der Waals surface area (Å²) in [6.07, 6.45) is 1.30. The monoisotopic (exact) mass is 143 g/mol. The van der Waals surface area contributed by atoms with Crippen LogP contribution in [0.15, 0.2) is 12.3 Å². The Morgan fingerprint density at radius 2 is 2.00 bits per heavy atom. The average molecular weight is 143 g/mol. The summed E-state index contributed by atoms with van der Waals surface area (Å²) in [5.74, 6) is 0. The molecule has 0 aromatic carbocycles. The van der Waals surface area contributed by atoms with Gasteiger partial charge in [-0.3, -0.25) is 0 Å². The lowest BCUT2D eigenvalue weighted by atomic mass is 10.6. The molecule has 0 bridgehead atoms. The zero-order valence-electron chi connectivity index (χ0n) is 6.56. The van der Waals surface area contributed by atoms with E-state index < -0.39 is 0 Å². The van der Waals surface area contributed by atoms with Crippen molar-refractivity contribution in [1.82, 2.24) is 4.90 Å². The zero-order chi connectivity index (χ0) is 7.11. The molecule has 2 heteroatoms. The maximum atomic E-state index is 3.74. The van der Waals surface area contributed by atoms with Crippen LogP contribution in [0, 0.1) is 0 Å². The highest BCUT2D eigenvalue weighted by molar-refractivity contribution is 6.41. The van der Waals surface area contributed by atoms with Gasteiger partial charge in [0.15, 0.2) is 0 Å². The second-order valence-electron chi connectivity index (χ2n) is 2.10. The van der Waals surface area contributed by atoms with Crippen LogP contribution in [0.3, 0.4) is 0 Å². The maximum Gasteiger partial charge on any atom is 0.0604 e. The number of rotatable bonds is 5. The Morgan fingerprint density at radius 3 is 2.33 bits per heavy atom. The molecule has 0 saturated carbocycles. The minimum atomic E-state index is 0.0421. The third-order valence-electron chi connectivity index (χ3n) is 1.54. The van der Waals surface area contributed by atoms with Crippen molar-refractivity contribution in [3.8, 4) is 0 Å². The lowest BCUT2D eigenvalue weighted by molar-refractivity contribution is 0.353. The molecule has 0 aliphatic heterocycles. The smallest absolute Gasteiger partial charge is 0.0604 e. The molecule has 0 rings (SSSR count). The number of hydrogen-bond donors (Lipinski definition) is 0. The van der Waals surface area contributed by atoms with E-state index in [1.807, 2.05) is 0 Å². The van der Waals surface area contributed by atoms with Crippen molar-refractivity contribution in [1.29, 1.82) is 0 Å². The van der Waals surface area contributed by atoms with Crippen molar-refractivity contribution in [2.24, 2.45) is 0 Å². The van der Waals surface area contributed by atoms with Gasteiger partial charge < -0.3 is 4.90 Å². The second kappa shape index (κ2) is 6.04. The highest BCUT2D eigenvalue weighted by Crippen LogP contribution is 1.83. The third-order valence-corrected chi connectivity index (χ3v) is 2.84. The molecule has 0 radical (unpaired) electrons. The van der Waals surface area contributed by atoms with Gasteiger partial charge in [0, 0.05) is 0 Å². The topological polar surface area (TPSA) is 3.24 Å². The fourth-order valence-electron chi connectivity index (χ4n) is 0.814. The first kappa shape index (κ1) is 8.92. The van der Waals surface area contributed by atoms with E-state index in [-0.39, 0.29) is 9.52 Å². The quantitative estimate of drug-likeness (QED) is 0.509. The molecule has 0 atom stereocenters. The largest absolute Gasteiger partial charge is 0.307 e. The first-order chi connectivity index (χ1) is 4.35. The van der Waals surface area contributed by atoms with Crippen LogP contribution in [0.2, 0.25) is 0 Å². The summed E-state index contributed by atoms with van der Waals surface area (Å²) in [4.78, 5) is 2.45. The zero-order valence-corrected chi connectivity index (χ0v) is 7.97. The van der Waals surface area contributed by atoms with Crippen LogP contribution in [0.4, 0.5) is 0 Å². The van der Waals surface area contributed by atoms with Crippen LogP contribution in [0.25, 0.3) is 0 Å². The van der Waals surface area contributed by atoms with Crippen molar-refractivity contribution in [3.63, 3.8) is 0 Å². The molecule has 0 amide bonds. The summed E-state index contributed by atoms with van der Waals surface area (Å²) in [5, 5.41) is 0. The molecule has 0 aromatic rings. The van der Waals surface area contributed by atoms with Crippen molar-refractivity contribution in [3.05, 3.63) is 12.3 Å². The van der Waals surface area contributed by atoms with Gasteiger partial charge in [-0.1, -0.05) is 13.8 Å². The molecule has 0 aromatic heterocycles. The van der Waals surface area contributed by atoms with Crippen molar-refractivity contribution in [2.75, 3.05) is 19.3 Å². The van der Waals surface area contributed by atoms with Crippen LogP contribution in [-0.2, 0) is 0 Å². The van der Waals surface area contributed by atoms with E-state index in [1.54, 1.807) is 0 Å². The highest BCUT2D eigenvalue weighted by Gasteiger charge is 1.94. The third kappa shape index (κ3) is 4.42. The molecule has 54 valence electrons. The SMILES string of the molecule is C=C[SiH2]CN(CC)CC. The molecule has 0 spiro atoms. The molecule has 0 fully saturated rings. The van der Waals surface area contributed by atoms with Crippen molar-refractivity contribution in [2.45, 2.75) is 13.8 Å². The maximum absolute atomic E-state index is 3.74. The average Bonchev–Trinajstić information content (AvgIpc) is 1.91. The predicted molar refractivity (Wildman–Crippen MR) is 46.5 cm³/mol. The summed E-state index contributed by atoms with van der Waals surface area (Å²) in [5.41, 5.74) is 2.11.